The van der Waals surface area contributed by atoms with Gasteiger partial charge in [0, 0.05) is 12.8 Å². The lowest BCUT2D eigenvalue weighted by Gasteiger charge is -1.99. The molecule has 0 aromatic carbocycles. The zero-order chi connectivity index (χ0) is 9.68. The molecule has 1 aromatic rings. The number of aliphatic hydroxyl groups excluding tert-OH is 1. The van der Waals surface area contributed by atoms with Crippen LogP contribution < -0.4 is 0 Å². The zero-order valence-electron chi connectivity index (χ0n) is 7.36. The Labute approximate surface area is 76.2 Å². The zero-order valence-corrected chi connectivity index (χ0v) is 7.36. The number of aliphatic hydroxyl groups is 1. The number of hydrogen-bond acceptors (Lipinski definition) is 4. The van der Waals surface area contributed by atoms with E-state index in [2.05, 4.69) is 9.72 Å². The van der Waals surface area contributed by atoms with E-state index in [-0.39, 0.29) is 12.3 Å². The number of methoxy groups -OCH3 is 1. The number of nitrogens with zero attached hydrogens (tertiary/aromatic N) is 1. The molecule has 0 unspecified atom stereocenters. The Morgan fingerprint density at radius 1 is 1.62 bits per heavy atom. The molecule has 0 spiro atoms. The van der Waals surface area contributed by atoms with Crippen molar-refractivity contribution >= 4 is 5.97 Å². The summed E-state index contributed by atoms with van der Waals surface area (Å²) >= 11 is 0. The van der Waals surface area contributed by atoms with Gasteiger partial charge in [0.2, 0.25) is 0 Å². The average Bonchev–Trinajstić information content (AvgIpc) is 2.18. The first kappa shape index (κ1) is 9.67. The van der Waals surface area contributed by atoms with Gasteiger partial charge in [-0.05, 0) is 18.1 Å². The average molecular weight is 181 g/mol. The van der Waals surface area contributed by atoms with Crippen LogP contribution in [-0.2, 0) is 11.2 Å². The van der Waals surface area contributed by atoms with Crippen molar-refractivity contribution in [3.05, 3.63) is 29.6 Å². The maximum absolute atomic E-state index is 10.9. The van der Waals surface area contributed by atoms with Gasteiger partial charge in [-0.25, -0.2) is 9.78 Å². The highest BCUT2D eigenvalue weighted by molar-refractivity contribution is 5.86. The smallest absolute Gasteiger partial charge is 0.356 e. The lowest BCUT2D eigenvalue weighted by Crippen LogP contribution is -2.04. The maximum atomic E-state index is 10.9. The number of esters is 1. The molecular weight excluding hydrogens is 170 g/mol. The second kappa shape index (κ2) is 4.57. The number of hydrogen-bond donors (Lipinski definition) is 1. The number of carbonyl (C=O) groups excluding carboxylic acids is 1. The monoisotopic (exact) mass is 181 g/mol. The van der Waals surface area contributed by atoms with Crippen LogP contribution in [0.2, 0.25) is 0 Å². The van der Waals surface area contributed by atoms with Crippen LogP contribution in [0.3, 0.4) is 0 Å². The van der Waals surface area contributed by atoms with E-state index < -0.39 is 5.97 Å². The van der Waals surface area contributed by atoms with Crippen molar-refractivity contribution < 1.29 is 14.6 Å². The van der Waals surface area contributed by atoms with Crippen molar-refractivity contribution in [1.82, 2.24) is 4.98 Å². The third-order valence-corrected chi connectivity index (χ3v) is 1.62. The lowest BCUT2D eigenvalue weighted by molar-refractivity contribution is 0.0594. The highest BCUT2D eigenvalue weighted by Gasteiger charge is 2.05. The van der Waals surface area contributed by atoms with Gasteiger partial charge >= 0.3 is 5.97 Å². The Bertz CT molecular complexity index is 281. The molecule has 4 nitrogen and oxygen atoms in total. The minimum atomic E-state index is -0.449. The van der Waals surface area contributed by atoms with E-state index in [4.69, 9.17) is 5.11 Å². The Kier molecular flexibility index (Phi) is 3.40. The number of ether oxygens (including phenoxy) is 1. The summed E-state index contributed by atoms with van der Waals surface area (Å²) in [5.74, 6) is -0.449. The molecule has 0 amide bonds. The van der Waals surface area contributed by atoms with Crippen molar-refractivity contribution in [2.24, 2.45) is 0 Å². The van der Waals surface area contributed by atoms with Crippen LogP contribution in [0.25, 0.3) is 0 Å². The third kappa shape index (κ3) is 2.52. The van der Waals surface area contributed by atoms with E-state index in [1.54, 1.807) is 18.3 Å². The molecule has 0 atom stereocenters. The minimum Gasteiger partial charge on any atom is -0.464 e. The van der Waals surface area contributed by atoms with E-state index >= 15 is 0 Å². The van der Waals surface area contributed by atoms with Crippen molar-refractivity contribution in [2.45, 2.75) is 6.42 Å². The van der Waals surface area contributed by atoms with Crippen LogP contribution in [0.4, 0.5) is 0 Å². The molecule has 0 radical (unpaired) electrons. The minimum absolute atomic E-state index is 0.0826. The van der Waals surface area contributed by atoms with Gasteiger partial charge in [0.05, 0.1) is 7.11 Å². The summed E-state index contributed by atoms with van der Waals surface area (Å²) in [7, 11) is 1.31. The van der Waals surface area contributed by atoms with E-state index in [1.807, 2.05) is 0 Å². The SMILES string of the molecule is COC(=O)c1ccc(CCO)cn1. The molecule has 1 heterocycles. The summed E-state index contributed by atoms with van der Waals surface area (Å²) < 4.78 is 4.49. The second-order valence-electron chi connectivity index (χ2n) is 2.52. The van der Waals surface area contributed by atoms with Gasteiger partial charge in [-0.1, -0.05) is 6.07 Å². The number of pyridine rings is 1. The summed E-state index contributed by atoms with van der Waals surface area (Å²) in [6, 6.07) is 3.33. The number of carbonyl (C=O) groups is 1. The standard InChI is InChI=1S/C9H11NO3/c1-13-9(12)8-3-2-7(4-5-11)6-10-8/h2-3,6,11H,4-5H2,1H3. The van der Waals surface area contributed by atoms with Gasteiger partial charge in [0.1, 0.15) is 5.69 Å². The number of aromatic nitrogens is 1. The normalized spacial score (nSPS) is 9.69. The first-order valence-corrected chi connectivity index (χ1v) is 3.92. The lowest BCUT2D eigenvalue weighted by atomic mass is 10.2. The molecule has 0 aliphatic rings. The Morgan fingerprint density at radius 2 is 2.38 bits per heavy atom. The molecule has 0 saturated heterocycles. The van der Waals surface area contributed by atoms with Crippen molar-refractivity contribution in [1.29, 1.82) is 0 Å². The predicted molar refractivity (Wildman–Crippen MR) is 46.4 cm³/mol. The fourth-order valence-electron chi connectivity index (χ4n) is 0.927. The Balaban J connectivity index is 2.75. The summed E-state index contributed by atoms with van der Waals surface area (Å²) in [5, 5.41) is 8.62. The van der Waals surface area contributed by atoms with E-state index in [1.165, 1.54) is 7.11 Å². The fraction of sp³-hybridized carbons (Fsp3) is 0.333. The van der Waals surface area contributed by atoms with E-state index in [0.717, 1.165) is 5.56 Å². The summed E-state index contributed by atoms with van der Waals surface area (Å²) in [6.07, 6.45) is 2.11. The van der Waals surface area contributed by atoms with E-state index in [9.17, 15) is 4.79 Å². The molecule has 0 aliphatic heterocycles. The van der Waals surface area contributed by atoms with Crippen LogP contribution in [0, 0.1) is 0 Å². The first-order chi connectivity index (χ1) is 6.27. The van der Waals surface area contributed by atoms with Gasteiger partial charge < -0.3 is 9.84 Å². The van der Waals surface area contributed by atoms with E-state index in [0.29, 0.717) is 6.42 Å². The second-order valence-corrected chi connectivity index (χ2v) is 2.52. The van der Waals surface area contributed by atoms with Crippen LogP contribution in [0.1, 0.15) is 16.1 Å². The Morgan fingerprint density at radius 3 is 2.85 bits per heavy atom. The fourth-order valence-corrected chi connectivity index (χ4v) is 0.927. The van der Waals surface area contributed by atoms with Gasteiger partial charge in [0.15, 0.2) is 0 Å². The summed E-state index contributed by atoms with van der Waals surface area (Å²) in [5.41, 5.74) is 1.18. The van der Waals surface area contributed by atoms with Crippen LogP contribution >= 0.6 is 0 Å². The van der Waals surface area contributed by atoms with Gasteiger partial charge in [-0.3, -0.25) is 0 Å². The molecule has 0 fully saturated rings. The molecule has 4 heteroatoms. The molecule has 0 bridgehead atoms. The molecule has 1 rings (SSSR count). The highest BCUT2D eigenvalue weighted by Crippen LogP contribution is 2.01. The van der Waals surface area contributed by atoms with Crippen molar-refractivity contribution in [2.75, 3.05) is 13.7 Å². The summed E-state index contributed by atoms with van der Waals surface area (Å²) in [4.78, 5) is 14.8. The molecule has 13 heavy (non-hydrogen) atoms. The van der Waals surface area contributed by atoms with Gasteiger partial charge in [-0.2, -0.15) is 0 Å². The Hall–Kier alpha value is -1.42. The van der Waals surface area contributed by atoms with Crippen LogP contribution in [0.5, 0.6) is 0 Å². The predicted octanol–water partition coefficient (Wildman–Crippen LogP) is 0.403. The molecule has 70 valence electrons. The largest absolute Gasteiger partial charge is 0.464 e. The first-order valence-electron chi connectivity index (χ1n) is 3.92. The van der Waals surface area contributed by atoms with Gasteiger partial charge in [0.25, 0.3) is 0 Å². The number of rotatable bonds is 3. The van der Waals surface area contributed by atoms with Crippen molar-refractivity contribution in [3.63, 3.8) is 0 Å². The highest BCUT2D eigenvalue weighted by atomic mass is 16.5. The maximum Gasteiger partial charge on any atom is 0.356 e. The topological polar surface area (TPSA) is 59.4 Å². The van der Waals surface area contributed by atoms with Crippen LogP contribution in [-0.4, -0.2) is 29.8 Å². The quantitative estimate of drug-likeness (QED) is 0.686. The molecular formula is C9H11NO3. The van der Waals surface area contributed by atoms with Gasteiger partial charge in [-0.15, -0.1) is 0 Å². The summed E-state index contributed by atoms with van der Waals surface area (Å²) in [6.45, 7) is 0.0826. The van der Waals surface area contributed by atoms with Crippen LogP contribution in [0.15, 0.2) is 18.3 Å². The van der Waals surface area contributed by atoms with Crippen molar-refractivity contribution in [3.8, 4) is 0 Å². The molecule has 1 aromatic heterocycles. The molecule has 0 aliphatic carbocycles. The molecule has 1 N–H and O–H groups in total. The molecule has 0 saturated carbocycles. The third-order valence-electron chi connectivity index (χ3n) is 1.62.